The van der Waals surface area contributed by atoms with Gasteiger partial charge in [0.25, 0.3) is 0 Å². The van der Waals surface area contributed by atoms with Gasteiger partial charge in [-0.3, -0.25) is 0 Å². The molecule has 0 saturated heterocycles. The maximum atomic E-state index is 8.39. The highest BCUT2D eigenvalue weighted by atomic mass is 31.1. The van der Waals surface area contributed by atoms with Crippen LogP contribution in [0.2, 0.25) is 0 Å². The van der Waals surface area contributed by atoms with Gasteiger partial charge in [-0.25, -0.2) is 0 Å². The van der Waals surface area contributed by atoms with E-state index in [9.17, 15) is 0 Å². The molecule has 3 heteroatoms. The number of nitriles is 2. The Morgan fingerprint density at radius 3 is 2.25 bits per heavy atom. The van der Waals surface area contributed by atoms with E-state index in [2.05, 4.69) is 19.1 Å². The Morgan fingerprint density at radius 2 is 1.75 bits per heavy atom. The summed E-state index contributed by atoms with van der Waals surface area (Å²) in [5.41, 5.74) is 0. The van der Waals surface area contributed by atoms with Gasteiger partial charge in [0.1, 0.15) is 0 Å². The Morgan fingerprint density at radius 1 is 1.08 bits per heavy atom. The SMILES string of the molecule is CCP(CCC#N)CCCC#N. The lowest BCUT2D eigenvalue weighted by atomic mass is 10.4. The van der Waals surface area contributed by atoms with E-state index < -0.39 is 0 Å². The second-order valence-electron chi connectivity index (χ2n) is 2.60. The Labute approximate surface area is 75.9 Å². The summed E-state index contributed by atoms with van der Waals surface area (Å²) < 4.78 is 0. The molecule has 0 aromatic carbocycles. The molecule has 66 valence electrons. The number of rotatable bonds is 6. The molecule has 0 aromatic rings. The second kappa shape index (κ2) is 8.51. The lowest BCUT2D eigenvalue weighted by Crippen LogP contribution is -1.92. The smallest absolute Gasteiger partial charge is 0.0625 e. The quantitative estimate of drug-likeness (QED) is 0.468. The molecule has 0 N–H and O–H groups in total. The van der Waals surface area contributed by atoms with Crippen molar-refractivity contribution in [3.05, 3.63) is 0 Å². The average Bonchev–Trinajstić information content (AvgIpc) is 2.11. The highest BCUT2D eigenvalue weighted by molar-refractivity contribution is 7.57. The van der Waals surface area contributed by atoms with Crippen molar-refractivity contribution in [2.75, 3.05) is 18.5 Å². The summed E-state index contributed by atoms with van der Waals surface area (Å²) in [4.78, 5) is 0. The summed E-state index contributed by atoms with van der Waals surface area (Å²) in [6.07, 6.45) is 5.80. The predicted octanol–water partition coefficient (Wildman–Crippen LogP) is 2.71. The number of hydrogen-bond acceptors (Lipinski definition) is 2. The van der Waals surface area contributed by atoms with Crippen LogP contribution in [-0.2, 0) is 0 Å². The lowest BCUT2D eigenvalue weighted by molar-refractivity contribution is 0.968. The zero-order chi connectivity index (χ0) is 9.23. The van der Waals surface area contributed by atoms with E-state index in [1.165, 1.54) is 12.3 Å². The van der Waals surface area contributed by atoms with Gasteiger partial charge in [0.2, 0.25) is 0 Å². The fourth-order valence-corrected chi connectivity index (χ4v) is 2.90. The Bertz CT molecular complexity index is 178. The van der Waals surface area contributed by atoms with Crippen LogP contribution in [0.1, 0.15) is 26.2 Å². The summed E-state index contributed by atoms with van der Waals surface area (Å²) in [6, 6.07) is 4.32. The van der Waals surface area contributed by atoms with E-state index in [1.54, 1.807) is 0 Å². The van der Waals surface area contributed by atoms with Crippen LogP contribution in [0.5, 0.6) is 0 Å². The topological polar surface area (TPSA) is 47.6 Å². The molecule has 0 radical (unpaired) electrons. The van der Waals surface area contributed by atoms with Crippen LogP contribution < -0.4 is 0 Å². The summed E-state index contributed by atoms with van der Waals surface area (Å²) >= 11 is 0. The maximum absolute atomic E-state index is 8.39. The molecule has 1 unspecified atom stereocenters. The van der Waals surface area contributed by atoms with Gasteiger partial charge in [-0.2, -0.15) is 10.5 Å². The summed E-state index contributed by atoms with van der Waals surface area (Å²) in [5, 5.41) is 16.7. The molecule has 1 atom stereocenters. The van der Waals surface area contributed by atoms with Crippen LogP contribution in [0, 0.1) is 22.7 Å². The van der Waals surface area contributed by atoms with Crippen molar-refractivity contribution in [3.8, 4) is 12.1 Å². The highest BCUT2D eigenvalue weighted by Crippen LogP contribution is 2.36. The fourth-order valence-electron chi connectivity index (χ4n) is 1.02. The predicted molar refractivity (Wildman–Crippen MR) is 52.3 cm³/mol. The summed E-state index contributed by atoms with van der Waals surface area (Å²) in [6.45, 7) is 2.18. The van der Waals surface area contributed by atoms with Crippen molar-refractivity contribution in [1.82, 2.24) is 0 Å². The zero-order valence-corrected chi connectivity index (χ0v) is 8.48. The third kappa shape index (κ3) is 6.14. The molecule has 0 spiro atoms. The van der Waals surface area contributed by atoms with Crippen molar-refractivity contribution in [2.24, 2.45) is 0 Å². The van der Waals surface area contributed by atoms with Crippen LogP contribution in [-0.4, -0.2) is 18.5 Å². The lowest BCUT2D eigenvalue weighted by Gasteiger charge is -2.11. The van der Waals surface area contributed by atoms with Gasteiger partial charge >= 0.3 is 0 Å². The van der Waals surface area contributed by atoms with Gasteiger partial charge in [-0.05, 0) is 24.9 Å². The first-order valence-electron chi connectivity index (χ1n) is 4.31. The average molecular weight is 182 g/mol. The van der Waals surface area contributed by atoms with Gasteiger partial charge in [-0.1, -0.05) is 6.92 Å². The van der Waals surface area contributed by atoms with Crippen LogP contribution in [0.15, 0.2) is 0 Å². The molecular weight excluding hydrogens is 167 g/mol. The van der Waals surface area contributed by atoms with Gasteiger partial charge < -0.3 is 0 Å². The highest BCUT2D eigenvalue weighted by Gasteiger charge is 2.03. The molecule has 0 aliphatic rings. The first-order valence-corrected chi connectivity index (χ1v) is 6.21. The van der Waals surface area contributed by atoms with E-state index in [0.717, 1.165) is 12.6 Å². The van der Waals surface area contributed by atoms with E-state index in [0.29, 0.717) is 12.8 Å². The molecule has 2 nitrogen and oxygen atoms in total. The largest absolute Gasteiger partial charge is 0.198 e. The normalized spacial score (nSPS) is 11.6. The van der Waals surface area contributed by atoms with Crippen LogP contribution in [0.25, 0.3) is 0 Å². The first kappa shape index (κ1) is 11.4. The summed E-state index contributed by atoms with van der Waals surface area (Å²) in [5.74, 6) is 0. The molecule has 0 amide bonds. The van der Waals surface area contributed by atoms with Crippen molar-refractivity contribution < 1.29 is 0 Å². The monoisotopic (exact) mass is 182 g/mol. The van der Waals surface area contributed by atoms with Gasteiger partial charge in [0.05, 0.1) is 12.1 Å². The second-order valence-corrected chi connectivity index (χ2v) is 5.47. The third-order valence-electron chi connectivity index (χ3n) is 1.75. The molecule has 0 saturated carbocycles. The van der Waals surface area contributed by atoms with Crippen molar-refractivity contribution >= 4 is 7.92 Å². The molecule has 0 aromatic heterocycles. The first-order chi connectivity index (χ1) is 5.85. The molecule has 0 aliphatic heterocycles. The third-order valence-corrected chi connectivity index (χ3v) is 4.45. The Balaban J connectivity index is 3.42. The van der Waals surface area contributed by atoms with E-state index in [4.69, 9.17) is 10.5 Å². The van der Waals surface area contributed by atoms with Crippen molar-refractivity contribution in [2.45, 2.75) is 26.2 Å². The van der Waals surface area contributed by atoms with Crippen LogP contribution in [0.3, 0.4) is 0 Å². The fraction of sp³-hybridized carbons (Fsp3) is 0.778. The van der Waals surface area contributed by atoms with E-state index >= 15 is 0 Å². The number of unbranched alkanes of at least 4 members (excludes halogenated alkanes) is 1. The van der Waals surface area contributed by atoms with Crippen LogP contribution in [0.4, 0.5) is 0 Å². The maximum Gasteiger partial charge on any atom is 0.0625 e. The molecule has 0 bridgehead atoms. The standard InChI is InChI=1S/C9H15N2P/c1-2-12(9-5-7-11)8-4-3-6-10/h2-5,8-9H2,1H3. The van der Waals surface area contributed by atoms with Crippen molar-refractivity contribution in [1.29, 1.82) is 10.5 Å². The van der Waals surface area contributed by atoms with Gasteiger partial charge in [0, 0.05) is 12.8 Å². The minimum atomic E-state index is 0.0505. The molecule has 12 heavy (non-hydrogen) atoms. The molecule has 0 aliphatic carbocycles. The minimum absolute atomic E-state index is 0.0505. The Kier molecular flexibility index (Phi) is 8.09. The van der Waals surface area contributed by atoms with Gasteiger partial charge in [-0.15, -0.1) is 7.92 Å². The molecule has 0 fully saturated rings. The number of nitrogens with zero attached hydrogens (tertiary/aromatic N) is 2. The van der Waals surface area contributed by atoms with E-state index in [-0.39, 0.29) is 7.92 Å². The number of hydrogen-bond donors (Lipinski definition) is 0. The molecular formula is C9H15N2P. The molecule has 0 heterocycles. The Hall–Kier alpha value is -0.590. The van der Waals surface area contributed by atoms with E-state index in [1.807, 2.05) is 0 Å². The molecule has 0 rings (SSSR count). The zero-order valence-electron chi connectivity index (χ0n) is 7.58. The van der Waals surface area contributed by atoms with Gasteiger partial charge in [0.15, 0.2) is 0 Å². The summed E-state index contributed by atoms with van der Waals surface area (Å²) in [7, 11) is 0.0505. The minimum Gasteiger partial charge on any atom is -0.198 e. The van der Waals surface area contributed by atoms with Crippen molar-refractivity contribution in [3.63, 3.8) is 0 Å². The van der Waals surface area contributed by atoms with Crippen LogP contribution >= 0.6 is 7.92 Å².